The average Bonchev–Trinajstić information content (AvgIpc) is 2.95. The van der Waals surface area contributed by atoms with Crippen LogP contribution >= 0.6 is 0 Å². The highest BCUT2D eigenvalue weighted by Gasteiger charge is 2.19. The normalized spacial score (nSPS) is 10.8. The van der Waals surface area contributed by atoms with Crippen molar-refractivity contribution in [3.63, 3.8) is 0 Å². The number of aromatic hydroxyl groups is 2. The first-order chi connectivity index (χ1) is 12.4. The fraction of sp³-hybridized carbons (Fsp3) is 0.238. The van der Waals surface area contributed by atoms with E-state index in [1.54, 1.807) is 31.4 Å². The molecule has 0 spiro atoms. The second-order valence-electron chi connectivity index (χ2n) is 6.31. The number of benzene rings is 2. The van der Waals surface area contributed by atoms with Crippen LogP contribution in [0.25, 0.3) is 22.3 Å². The summed E-state index contributed by atoms with van der Waals surface area (Å²) < 4.78 is 16.4. The number of hydrogen-bond donors (Lipinski definition) is 2. The molecule has 0 aliphatic rings. The second kappa shape index (κ2) is 7.04. The molecule has 0 fully saturated rings. The summed E-state index contributed by atoms with van der Waals surface area (Å²) in [4.78, 5) is 0. The number of ether oxygens (including phenoxy) is 2. The lowest BCUT2D eigenvalue weighted by Gasteiger charge is -2.06. The molecule has 3 rings (SSSR count). The van der Waals surface area contributed by atoms with Crippen LogP contribution in [0.2, 0.25) is 0 Å². The Hall–Kier alpha value is -3.08. The van der Waals surface area contributed by atoms with E-state index in [-0.39, 0.29) is 11.5 Å². The maximum absolute atomic E-state index is 10.6. The standard InChI is InChI=1S/C21H22O5/c1-12(2)5-6-13-9-14(7-8-16(13)22)21-20(23)15-10-18(24-3)19(25-4)11-17(15)26-21/h5,7-11,22-23H,6H2,1-4H3. The van der Waals surface area contributed by atoms with Crippen LogP contribution in [0.15, 0.2) is 46.4 Å². The lowest BCUT2D eigenvalue weighted by atomic mass is 10.0. The third-order valence-electron chi connectivity index (χ3n) is 4.24. The Bertz CT molecular complexity index is 978. The van der Waals surface area contributed by atoms with Crippen molar-refractivity contribution in [3.05, 3.63) is 47.5 Å². The molecule has 26 heavy (non-hydrogen) atoms. The molecular weight excluding hydrogens is 332 g/mol. The van der Waals surface area contributed by atoms with Gasteiger partial charge in [0, 0.05) is 11.6 Å². The minimum atomic E-state index is 0.0276. The molecule has 0 unspecified atom stereocenters. The van der Waals surface area contributed by atoms with Crippen LogP contribution in [-0.4, -0.2) is 24.4 Å². The SMILES string of the molecule is COc1cc2oc(-c3ccc(O)c(CC=C(C)C)c3)c(O)c2cc1OC. The number of phenols is 1. The Morgan fingerprint density at radius 1 is 1.04 bits per heavy atom. The molecular formula is C21H22O5. The molecule has 5 nitrogen and oxygen atoms in total. The molecule has 1 heterocycles. The van der Waals surface area contributed by atoms with Gasteiger partial charge in [0.2, 0.25) is 0 Å². The van der Waals surface area contributed by atoms with Crippen LogP contribution in [-0.2, 0) is 6.42 Å². The van der Waals surface area contributed by atoms with E-state index in [4.69, 9.17) is 13.9 Å². The van der Waals surface area contributed by atoms with Crippen LogP contribution in [0, 0.1) is 0 Å². The number of methoxy groups -OCH3 is 2. The lowest BCUT2D eigenvalue weighted by Crippen LogP contribution is -1.89. The van der Waals surface area contributed by atoms with Crippen molar-refractivity contribution in [2.24, 2.45) is 0 Å². The van der Waals surface area contributed by atoms with Crippen LogP contribution in [0.5, 0.6) is 23.0 Å². The van der Waals surface area contributed by atoms with Crippen LogP contribution < -0.4 is 9.47 Å². The van der Waals surface area contributed by atoms with Crippen molar-refractivity contribution in [1.29, 1.82) is 0 Å². The Morgan fingerprint density at radius 3 is 2.38 bits per heavy atom. The first kappa shape index (κ1) is 17.7. The minimum Gasteiger partial charge on any atom is -0.508 e. The molecule has 0 bridgehead atoms. The highest BCUT2D eigenvalue weighted by molar-refractivity contribution is 5.93. The molecule has 136 valence electrons. The van der Waals surface area contributed by atoms with Gasteiger partial charge in [-0.1, -0.05) is 11.6 Å². The van der Waals surface area contributed by atoms with Crippen LogP contribution in [0.3, 0.4) is 0 Å². The zero-order valence-corrected chi connectivity index (χ0v) is 15.3. The first-order valence-corrected chi connectivity index (χ1v) is 8.27. The van der Waals surface area contributed by atoms with E-state index in [1.165, 1.54) is 12.7 Å². The molecule has 0 aliphatic carbocycles. The quantitative estimate of drug-likeness (QED) is 0.628. The molecule has 0 atom stereocenters. The van der Waals surface area contributed by atoms with Crippen molar-refractivity contribution >= 4 is 11.0 Å². The second-order valence-corrected chi connectivity index (χ2v) is 6.31. The van der Waals surface area contributed by atoms with E-state index in [9.17, 15) is 10.2 Å². The first-order valence-electron chi connectivity index (χ1n) is 8.27. The van der Waals surface area contributed by atoms with Gasteiger partial charge in [-0.3, -0.25) is 0 Å². The maximum atomic E-state index is 10.6. The zero-order valence-electron chi connectivity index (χ0n) is 15.3. The summed E-state index contributed by atoms with van der Waals surface area (Å²) in [6.45, 7) is 4.01. The van der Waals surface area contributed by atoms with E-state index in [0.717, 1.165) is 5.56 Å². The Labute approximate surface area is 152 Å². The predicted octanol–water partition coefficient (Wildman–Crippen LogP) is 5.04. The summed E-state index contributed by atoms with van der Waals surface area (Å²) in [5.74, 6) is 1.62. The van der Waals surface area contributed by atoms with E-state index in [2.05, 4.69) is 0 Å². The summed E-state index contributed by atoms with van der Waals surface area (Å²) >= 11 is 0. The molecule has 0 aliphatic heterocycles. The van der Waals surface area contributed by atoms with Crippen molar-refractivity contribution in [3.8, 4) is 34.3 Å². The fourth-order valence-electron chi connectivity index (χ4n) is 2.81. The molecule has 0 radical (unpaired) electrons. The Balaban J connectivity index is 2.12. The van der Waals surface area contributed by atoms with E-state index < -0.39 is 0 Å². The highest BCUT2D eigenvalue weighted by atomic mass is 16.5. The zero-order chi connectivity index (χ0) is 18.8. The third-order valence-corrected chi connectivity index (χ3v) is 4.24. The number of rotatable bonds is 5. The van der Waals surface area contributed by atoms with E-state index >= 15 is 0 Å². The van der Waals surface area contributed by atoms with Gasteiger partial charge in [0.15, 0.2) is 23.0 Å². The predicted molar refractivity (Wildman–Crippen MR) is 101 cm³/mol. The topological polar surface area (TPSA) is 72.1 Å². The summed E-state index contributed by atoms with van der Waals surface area (Å²) in [5, 5.41) is 21.3. The van der Waals surface area contributed by atoms with Gasteiger partial charge in [-0.2, -0.15) is 0 Å². The Kier molecular flexibility index (Phi) is 4.80. The van der Waals surface area contributed by atoms with Gasteiger partial charge in [0.25, 0.3) is 0 Å². The molecule has 2 aromatic carbocycles. The molecule has 1 aromatic heterocycles. The fourth-order valence-corrected chi connectivity index (χ4v) is 2.81. The maximum Gasteiger partial charge on any atom is 0.177 e. The average molecular weight is 354 g/mol. The molecule has 0 amide bonds. The monoisotopic (exact) mass is 354 g/mol. The third kappa shape index (κ3) is 3.20. The largest absolute Gasteiger partial charge is 0.508 e. The number of fused-ring (bicyclic) bond motifs is 1. The number of hydrogen-bond acceptors (Lipinski definition) is 5. The van der Waals surface area contributed by atoms with Gasteiger partial charge in [-0.05, 0) is 50.1 Å². The molecule has 3 aromatic rings. The highest BCUT2D eigenvalue weighted by Crippen LogP contribution is 2.44. The number of allylic oxidation sites excluding steroid dienone is 2. The molecule has 0 saturated heterocycles. The molecule has 0 saturated carbocycles. The summed E-state index contributed by atoms with van der Waals surface area (Å²) in [7, 11) is 3.08. The Morgan fingerprint density at radius 2 is 1.73 bits per heavy atom. The number of phenolic OH excluding ortho intramolecular Hbond substituents is 1. The molecule has 2 N–H and O–H groups in total. The van der Waals surface area contributed by atoms with Gasteiger partial charge in [0.1, 0.15) is 11.3 Å². The van der Waals surface area contributed by atoms with Gasteiger partial charge in [-0.25, -0.2) is 0 Å². The summed E-state index contributed by atoms with van der Waals surface area (Å²) in [5.41, 5.74) is 3.11. The van der Waals surface area contributed by atoms with Gasteiger partial charge < -0.3 is 24.1 Å². The van der Waals surface area contributed by atoms with Crippen LogP contribution in [0.1, 0.15) is 19.4 Å². The van der Waals surface area contributed by atoms with Crippen LogP contribution in [0.4, 0.5) is 0 Å². The van der Waals surface area contributed by atoms with E-state index in [0.29, 0.717) is 40.2 Å². The van der Waals surface area contributed by atoms with Gasteiger partial charge >= 0.3 is 0 Å². The minimum absolute atomic E-state index is 0.0276. The van der Waals surface area contributed by atoms with Gasteiger partial charge in [0.05, 0.1) is 19.6 Å². The summed E-state index contributed by atoms with van der Waals surface area (Å²) in [6, 6.07) is 8.51. The molecule has 5 heteroatoms. The van der Waals surface area contributed by atoms with Crippen molar-refractivity contribution in [2.75, 3.05) is 14.2 Å². The smallest absolute Gasteiger partial charge is 0.177 e. The van der Waals surface area contributed by atoms with Crippen molar-refractivity contribution in [1.82, 2.24) is 0 Å². The van der Waals surface area contributed by atoms with E-state index in [1.807, 2.05) is 26.0 Å². The lowest BCUT2D eigenvalue weighted by molar-refractivity contribution is 0.355. The summed E-state index contributed by atoms with van der Waals surface area (Å²) in [6.07, 6.45) is 2.64. The van der Waals surface area contributed by atoms with Crippen molar-refractivity contribution in [2.45, 2.75) is 20.3 Å². The number of furan rings is 1. The van der Waals surface area contributed by atoms with Gasteiger partial charge in [-0.15, -0.1) is 0 Å². The van der Waals surface area contributed by atoms with Crippen molar-refractivity contribution < 1.29 is 24.1 Å².